The molecule has 2 atom stereocenters. The lowest BCUT2D eigenvalue weighted by atomic mass is 9.83. The van der Waals surface area contributed by atoms with Gasteiger partial charge >= 0.3 is 5.97 Å². The van der Waals surface area contributed by atoms with Crippen LogP contribution in [0.1, 0.15) is 56.9 Å². The Bertz CT molecular complexity index is 566. The molecule has 4 nitrogen and oxygen atoms in total. The molecule has 1 aliphatic carbocycles. The van der Waals surface area contributed by atoms with E-state index in [9.17, 15) is 9.59 Å². The minimum atomic E-state index is -0.180. The first-order valence-corrected chi connectivity index (χ1v) is 9.68. The van der Waals surface area contributed by atoms with Gasteiger partial charge in [0.05, 0.1) is 13.0 Å². The molecule has 2 aliphatic rings. The first-order valence-electron chi connectivity index (χ1n) is 9.68. The minimum Gasteiger partial charge on any atom is -0.465 e. The second-order valence-electron chi connectivity index (χ2n) is 7.65. The van der Waals surface area contributed by atoms with Crippen LogP contribution in [0.4, 0.5) is 0 Å². The van der Waals surface area contributed by atoms with E-state index in [4.69, 9.17) is 4.74 Å². The molecule has 1 saturated carbocycles. The van der Waals surface area contributed by atoms with Gasteiger partial charge in [0.1, 0.15) is 0 Å². The quantitative estimate of drug-likeness (QED) is 0.769. The van der Waals surface area contributed by atoms with Crippen molar-refractivity contribution in [3.63, 3.8) is 0 Å². The van der Waals surface area contributed by atoms with Gasteiger partial charge in [-0.2, -0.15) is 0 Å². The largest absolute Gasteiger partial charge is 0.465 e. The molecule has 3 rings (SSSR count). The molecular weight excluding hydrogens is 314 g/mol. The maximum atomic E-state index is 12.5. The first kappa shape index (κ1) is 18.0. The van der Waals surface area contributed by atoms with Gasteiger partial charge in [0.2, 0.25) is 5.91 Å². The molecule has 1 heterocycles. The van der Waals surface area contributed by atoms with Crippen molar-refractivity contribution in [2.45, 2.75) is 63.8 Å². The molecule has 1 amide bonds. The van der Waals surface area contributed by atoms with E-state index in [1.807, 2.05) is 6.07 Å². The average Bonchev–Trinajstić information content (AvgIpc) is 3.01. The van der Waals surface area contributed by atoms with Gasteiger partial charge < -0.3 is 10.1 Å². The van der Waals surface area contributed by atoms with E-state index in [2.05, 4.69) is 29.6 Å². The summed E-state index contributed by atoms with van der Waals surface area (Å²) in [6.07, 6.45) is 9.25. The second-order valence-corrected chi connectivity index (χ2v) is 7.65. The van der Waals surface area contributed by atoms with Crippen molar-refractivity contribution in [1.29, 1.82) is 0 Å². The van der Waals surface area contributed by atoms with E-state index in [1.54, 1.807) is 0 Å². The van der Waals surface area contributed by atoms with Crippen molar-refractivity contribution in [2.24, 2.45) is 11.8 Å². The van der Waals surface area contributed by atoms with E-state index in [0.717, 1.165) is 18.8 Å². The molecule has 1 aliphatic heterocycles. The van der Waals surface area contributed by atoms with Crippen LogP contribution in [-0.2, 0) is 20.7 Å². The van der Waals surface area contributed by atoms with Crippen LogP contribution in [0.15, 0.2) is 30.3 Å². The zero-order chi connectivity index (χ0) is 17.5. The number of carbonyl (C=O) groups is 2. The van der Waals surface area contributed by atoms with E-state index in [0.29, 0.717) is 19.4 Å². The van der Waals surface area contributed by atoms with Crippen LogP contribution in [0, 0.1) is 11.8 Å². The third kappa shape index (κ3) is 5.87. The minimum absolute atomic E-state index is 0.0413. The van der Waals surface area contributed by atoms with Crippen molar-refractivity contribution in [2.75, 3.05) is 6.61 Å². The fraction of sp³-hybridized carbons (Fsp3) is 0.619. The maximum absolute atomic E-state index is 12.5. The average molecular weight is 343 g/mol. The number of benzene rings is 1. The molecule has 0 bridgehead atoms. The third-order valence-corrected chi connectivity index (χ3v) is 5.44. The van der Waals surface area contributed by atoms with Gasteiger partial charge in [0.25, 0.3) is 0 Å². The van der Waals surface area contributed by atoms with E-state index in [-0.39, 0.29) is 23.8 Å². The van der Waals surface area contributed by atoms with Crippen molar-refractivity contribution in [3.05, 3.63) is 35.9 Å². The number of amides is 1. The number of hydrogen-bond donors (Lipinski definition) is 1. The Kier molecular flexibility index (Phi) is 6.48. The number of cyclic esters (lactones) is 1. The van der Waals surface area contributed by atoms with Crippen LogP contribution in [0.5, 0.6) is 0 Å². The Morgan fingerprint density at radius 3 is 2.56 bits per heavy atom. The molecule has 1 N–H and O–H groups in total. The van der Waals surface area contributed by atoms with Gasteiger partial charge in [-0.25, -0.2) is 0 Å². The zero-order valence-electron chi connectivity index (χ0n) is 14.9. The summed E-state index contributed by atoms with van der Waals surface area (Å²) in [5.41, 5.74) is 1.27. The molecule has 0 spiro atoms. The molecule has 136 valence electrons. The predicted octanol–water partition coefficient (Wildman–Crippen LogP) is 3.64. The lowest BCUT2D eigenvalue weighted by Gasteiger charge is -2.27. The van der Waals surface area contributed by atoms with E-state index < -0.39 is 0 Å². The molecule has 1 aromatic rings. The third-order valence-electron chi connectivity index (χ3n) is 5.44. The Balaban J connectivity index is 1.56. The highest BCUT2D eigenvalue weighted by molar-refractivity contribution is 5.78. The Morgan fingerprint density at radius 1 is 1.12 bits per heavy atom. The van der Waals surface area contributed by atoms with E-state index in [1.165, 1.54) is 37.7 Å². The Morgan fingerprint density at radius 2 is 1.88 bits per heavy atom. The second kappa shape index (κ2) is 9.02. The summed E-state index contributed by atoms with van der Waals surface area (Å²) in [6.45, 7) is 0.387. The highest BCUT2D eigenvalue weighted by Crippen LogP contribution is 2.28. The fourth-order valence-corrected chi connectivity index (χ4v) is 4.16. The van der Waals surface area contributed by atoms with Gasteiger partial charge in [-0.3, -0.25) is 9.59 Å². The van der Waals surface area contributed by atoms with Gasteiger partial charge in [-0.05, 0) is 24.3 Å². The summed E-state index contributed by atoms with van der Waals surface area (Å²) >= 11 is 0. The zero-order valence-corrected chi connectivity index (χ0v) is 14.9. The smallest absolute Gasteiger partial charge is 0.306 e. The lowest BCUT2D eigenvalue weighted by molar-refractivity contribution is -0.138. The van der Waals surface area contributed by atoms with Crippen LogP contribution >= 0.6 is 0 Å². The van der Waals surface area contributed by atoms with Crippen LogP contribution in [-0.4, -0.2) is 24.5 Å². The highest BCUT2D eigenvalue weighted by Gasteiger charge is 2.27. The van der Waals surface area contributed by atoms with Crippen molar-refractivity contribution >= 4 is 11.9 Å². The molecule has 1 aromatic carbocycles. The predicted molar refractivity (Wildman–Crippen MR) is 97.0 cm³/mol. The molecule has 1 saturated heterocycles. The van der Waals surface area contributed by atoms with Gasteiger partial charge in [-0.15, -0.1) is 0 Å². The Labute approximate surface area is 150 Å². The van der Waals surface area contributed by atoms with Crippen LogP contribution in [0.3, 0.4) is 0 Å². The SMILES string of the molecule is O=C(CC1COC(=O)C1)NC(Cc1ccccc1)CC1CCCCC1. The fourth-order valence-electron chi connectivity index (χ4n) is 4.16. The summed E-state index contributed by atoms with van der Waals surface area (Å²) < 4.78 is 4.97. The molecule has 2 fully saturated rings. The molecule has 2 unspecified atom stereocenters. The van der Waals surface area contributed by atoms with Crippen LogP contribution in [0.2, 0.25) is 0 Å². The number of nitrogens with one attached hydrogen (secondary N) is 1. The standard InChI is InChI=1S/C21H29NO3/c23-20(13-18-14-21(24)25-15-18)22-19(11-16-7-3-1-4-8-16)12-17-9-5-2-6-10-17/h1,3-4,7-8,17-19H,2,5-6,9-15H2,(H,22,23). The first-order chi connectivity index (χ1) is 12.2. The van der Waals surface area contributed by atoms with E-state index >= 15 is 0 Å². The summed E-state index contributed by atoms with van der Waals surface area (Å²) in [5.74, 6) is 0.639. The van der Waals surface area contributed by atoms with Crippen LogP contribution in [0.25, 0.3) is 0 Å². The summed E-state index contributed by atoms with van der Waals surface area (Å²) in [5, 5.41) is 3.25. The number of hydrogen-bond acceptors (Lipinski definition) is 3. The summed E-state index contributed by atoms with van der Waals surface area (Å²) in [7, 11) is 0. The van der Waals surface area contributed by atoms with Crippen molar-refractivity contribution in [1.82, 2.24) is 5.32 Å². The van der Waals surface area contributed by atoms with Gasteiger partial charge in [-0.1, -0.05) is 62.4 Å². The monoisotopic (exact) mass is 343 g/mol. The normalized spacial score (nSPS) is 22.4. The maximum Gasteiger partial charge on any atom is 0.306 e. The molecule has 0 aromatic heterocycles. The van der Waals surface area contributed by atoms with Crippen molar-refractivity contribution < 1.29 is 14.3 Å². The van der Waals surface area contributed by atoms with Gasteiger partial charge in [0, 0.05) is 18.4 Å². The van der Waals surface area contributed by atoms with Crippen molar-refractivity contribution in [3.8, 4) is 0 Å². The molecular formula is C21H29NO3. The number of ether oxygens (including phenoxy) is 1. The van der Waals surface area contributed by atoms with Gasteiger partial charge in [0.15, 0.2) is 0 Å². The summed E-state index contributed by atoms with van der Waals surface area (Å²) in [6, 6.07) is 10.6. The molecule has 4 heteroatoms. The number of carbonyl (C=O) groups excluding carboxylic acids is 2. The topological polar surface area (TPSA) is 55.4 Å². The summed E-state index contributed by atoms with van der Waals surface area (Å²) in [4.78, 5) is 23.7. The Hall–Kier alpha value is -1.84. The van der Waals surface area contributed by atoms with Crippen LogP contribution < -0.4 is 5.32 Å². The molecule has 0 radical (unpaired) electrons. The number of esters is 1. The lowest BCUT2D eigenvalue weighted by Crippen LogP contribution is -2.39. The molecule has 25 heavy (non-hydrogen) atoms. The highest BCUT2D eigenvalue weighted by atomic mass is 16.5. The number of rotatable bonds is 7.